The number of carbonyl (C=O) groups is 1. The van der Waals surface area contributed by atoms with Crippen molar-refractivity contribution < 1.29 is 9.53 Å². The van der Waals surface area contributed by atoms with Crippen molar-refractivity contribution in [2.75, 3.05) is 20.7 Å². The van der Waals surface area contributed by atoms with Crippen LogP contribution in [0.15, 0.2) is 24.3 Å². The van der Waals surface area contributed by atoms with Gasteiger partial charge in [-0.15, -0.1) is 0 Å². The molecular formula is C14H20N2O2S. The van der Waals surface area contributed by atoms with E-state index in [4.69, 9.17) is 10.5 Å². The van der Waals surface area contributed by atoms with Gasteiger partial charge in [-0.25, -0.2) is 0 Å². The van der Waals surface area contributed by atoms with E-state index in [0.29, 0.717) is 5.25 Å². The normalized spacial score (nSPS) is 23.5. The number of carbonyl (C=O) groups excluding carboxylic acids is 1. The lowest BCUT2D eigenvalue weighted by Crippen LogP contribution is -2.37. The summed E-state index contributed by atoms with van der Waals surface area (Å²) in [5.74, 6) is 1.62. The fourth-order valence-corrected chi connectivity index (χ4v) is 3.62. The number of likely N-dealkylation sites (tertiary alicyclic amines) is 1. The van der Waals surface area contributed by atoms with Gasteiger partial charge in [0.2, 0.25) is 5.91 Å². The minimum atomic E-state index is -0.213. The summed E-state index contributed by atoms with van der Waals surface area (Å²) in [6.45, 7) is 0.925. The maximum absolute atomic E-state index is 11.3. The molecule has 0 unspecified atom stereocenters. The molecule has 4 nitrogen and oxygen atoms in total. The molecule has 5 heteroatoms. The van der Waals surface area contributed by atoms with E-state index in [1.807, 2.05) is 35.8 Å². The van der Waals surface area contributed by atoms with E-state index in [1.165, 1.54) is 5.56 Å². The van der Waals surface area contributed by atoms with Crippen molar-refractivity contribution in [1.29, 1.82) is 0 Å². The number of likely N-dealkylation sites (N-methyl/N-ethyl adjacent to an activating group) is 1. The van der Waals surface area contributed by atoms with Gasteiger partial charge in [0.25, 0.3) is 0 Å². The van der Waals surface area contributed by atoms with Gasteiger partial charge in [0.15, 0.2) is 0 Å². The van der Waals surface area contributed by atoms with Crippen molar-refractivity contribution in [3.8, 4) is 5.75 Å². The molecule has 0 radical (unpaired) electrons. The molecule has 0 spiro atoms. The summed E-state index contributed by atoms with van der Waals surface area (Å²) in [4.78, 5) is 13.3. The third kappa shape index (κ3) is 3.64. The number of benzene rings is 1. The third-order valence-corrected chi connectivity index (χ3v) is 4.80. The molecule has 0 saturated carbocycles. The number of rotatable bonds is 5. The van der Waals surface area contributed by atoms with Gasteiger partial charge in [0, 0.05) is 17.5 Å². The van der Waals surface area contributed by atoms with E-state index >= 15 is 0 Å². The van der Waals surface area contributed by atoms with Crippen LogP contribution in [-0.4, -0.2) is 42.8 Å². The second kappa shape index (κ2) is 6.30. The molecule has 0 aromatic heterocycles. The van der Waals surface area contributed by atoms with Crippen LogP contribution in [0.5, 0.6) is 5.75 Å². The van der Waals surface area contributed by atoms with Crippen LogP contribution in [0.2, 0.25) is 0 Å². The predicted molar refractivity (Wildman–Crippen MR) is 78.3 cm³/mol. The fraction of sp³-hybridized carbons (Fsp3) is 0.500. The summed E-state index contributed by atoms with van der Waals surface area (Å²) < 4.78 is 5.14. The van der Waals surface area contributed by atoms with Crippen molar-refractivity contribution in [3.05, 3.63) is 29.8 Å². The first-order valence-corrected chi connectivity index (χ1v) is 7.39. The van der Waals surface area contributed by atoms with Gasteiger partial charge in [-0.3, -0.25) is 9.69 Å². The molecule has 1 aliphatic heterocycles. The summed E-state index contributed by atoms with van der Waals surface area (Å²) in [5.41, 5.74) is 6.66. The van der Waals surface area contributed by atoms with E-state index < -0.39 is 0 Å². The van der Waals surface area contributed by atoms with Crippen molar-refractivity contribution in [2.24, 2.45) is 5.73 Å². The van der Waals surface area contributed by atoms with Crippen molar-refractivity contribution in [1.82, 2.24) is 4.90 Å². The second-order valence-corrected chi connectivity index (χ2v) is 6.16. The van der Waals surface area contributed by atoms with Gasteiger partial charge >= 0.3 is 0 Å². The molecule has 1 amide bonds. The Labute approximate surface area is 118 Å². The smallest absolute Gasteiger partial charge is 0.234 e. The number of nitrogens with two attached hydrogens (primary N) is 1. The average molecular weight is 280 g/mol. The van der Waals surface area contributed by atoms with E-state index in [9.17, 15) is 4.79 Å². The quantitative estimate of drug-likeness (QED) is 0.888. The number of primary amides is 1. The van der Waals surface area contributed by atoms with E-state index in [2.05, 4.69) is 12.1 Å². The van der Waals surface area contributed by atoms with E-state index in [-0.39, 0.29) is 11.9 Å². The van der Waals surface area contributed by atoms with Crippen LogP contribution in [0.25, 0.3) is 0 Å². The Morgan fingerprint density at radius 3 is 2.68 bits per heavy atom. The third-order valence-electron chi connectivity index (χ3n) is 3.48. The SMILES string of the molecule is COc1ccc(CS[C@H]2C[C@@H](C(N)=O)N(C)C2)cc1. The van der Waals surface area contributed by atoms with Gasteiger partial charge in [-0.1, -0.05) is 12.1 Å². The first kappa shape index (κ1) is 14.2. The topological polar surface area (TPSA) is 55.6 Å². The maximum atomic E-state index is 11.3. The molecule has 19 heavy (non-hydrogen) atoms. The lowest BCUT2D eigenvalue weighted by atomic mass is 10.2. The summed E-state index contributed by atoms with van der Waals surface area (Å²) in [7, 11) is 3.63. The van der Waals surface area contributed by atoms with E-state index in [0.717, 1.165) is 24.5 Å². The van der Waals surface area contributed by atoms with Crippen LogP contribution in [0, 0.1) is 0 Å². The van der Waals surface area contributed by atoms with Gasteiger partial charge < -0.3 is 10.5 Å². The Bertz CT molecular complexity index is 436. The number of hydrogen-bond acceptors (Lipinski definition) is 4. The molecule has 1 aliphatic rings. The van der Waals surface area contributed by atoms with Crippen LogP contribution in [-0.2, 0) is 10.5 Å². The van der Waals surface area contributed by atoms with Crippen LogP contribution < -0.4 is 10.5 Å². The Balaban J connectivity index is 1.84. The highest BCUT2D eigenvalue weighted by Crippen LogP contribution is 2.29. The lowest BCUT2D eigenvalue weighted by Gasteiger charge is -2.14. The molecule has 0 aliphatic carbocycles. The Hall–Kier alpha value is -1.20. The highest BCUT2D eigenvalue weighted by Gasteiger charge is 2.33. The molecule has 0 bridgehead atoms. The average Bonchev–Trinajstić information content (AvgIpc) is 2.78. The Morgan fingerprint density at radius 1 is 1.47 bits per heavy atom. The minimum absolute atomic E-state index is 0.103. The van der Waals surface area contributed by atoms with Gasteiger partial charge in [-0.2, -0.15) is 11.8 Å². The summed E-state index contributed by atoms with van der Waals surface area (Å²) in [6, 6.07) is 8.01. The van der Waals surface area contributed by atoms with Gasteiger partial charge in [0.05, 0.1) is 13.2 Å². The monoisotopic (exact) mass is 280 g/mol. The summed E-state index contributed by atoms with van der Waals surface area (Å²) in [5, 5.41) is 0.476. The van der Waals surface area contributed by atoms with Crippen LogP contribution in [0.3, 0.4) is 0 Å². The zero-order chi connectivity index (χ0) is 13.8. The zero-order valence-electron chi connectivity index (χ0n) is 11.3. The molecule has 1 fully saturated rings. The number of hydrogen-bond donors (Lipinski definition) is 1. The van der Waals surface area contributed by atoms with Crippen LogP contribution in [0.4, 0.5) is 0 Å². The minimum Gasteiger partial charge on any atom is -0.497 e. The molecule has 1 aromatic carbocycles. The number of methoxy groups -OCH3 is 1. The number of ether oxygens (including phenoxy) is 1. The Morgan fingerprint density at radius 2 is 2.16 bits per heavy atom. The largest absolute Gasteiger partial charge is 0.497 e. The van der Waals surface area contributed by atoms with E-state index in [1.54, 1.807) is 7.11 Å². The molecule has 1 saturated heterocycles. The first-order valence-electron chi connectivity index (χ1n) is 6.34. The van der Waals surface area contributed by atoms with Crippen molar-refractivity contribution in [3.63, 3.8) is 0 Å². The fourth-order valence-electron chi connectivity index (χ4n) is 2.34. The number of thioether (sulfide) groups is 1. The van der Waals surface area contributed by atoms with Gasteiger partial charge in [0.1, 0.15) is 5.75 Å². The summed E-state index contributed by atoms with van der Waals surface area (Å²) in [6.07, 6.45) is 0.854. The molecule has 2 rings (SSSR count). The number of amides is 1. The molecule has 104 valence electrons. The highest BCUT2D eigenvalue weighted by atomic mass is 32.2. The maximum Gasteiger partial charge on any atom is 0.234 e. The molecule has 2 atom stereocenters. The molecule has 1 aromatic rings. The molecule has 1 heterocycles. The second-order valence-electron chi connectivity index (χ2n) is 4.87. The highest BCUT2D eigenvalue weighted by molar-refractivity contribution is 7.99. The van der Waals surface area contributed by atoms with Crippen LogP contribution >= 0.6 is 11.8 Å². The lowest BCUT2D eigenvalue weighted by molar-refractivity contribution is -0.121. The predicted octanol–water partition coefficient (Wildman–Crippen LogP) is 1.49. The Kier molecular flexibility index (Phi) is 4.71. The van der Waals surface area contributed by atoms with Crippen LogP contribution in [0.1, 0.15) is 12.0 Å². The first-order chi connectivity index (χ1) is 9.10. The van der Waals surface area contributed by atoms with Gasteiger partial charge in [-0.05, 0) is 31.2 Å². The van der Waals surface area contributed by atoms with Crippen molar-refractivity contribution in [2.45, 2.75) is 23.5 Å². The van der Waals surface area contributed by atoms with Crippen molar-refractivity contribution >= 4 is 17.7 Å². The zero-order valence-corrected chi connectivity index (χ0v) is 12.2. The summed E-state index contributed by atoms with van der Waals surface area (Å²) >= 11 is 1.89. The molecule has 2 N–H and O–H groups in total. The molecular weight excluding hydrogens is 260 g/mol. The standard InChI is InChI=1S/C14H20N2O2S/c1-16-8-12(7-13(16)14(15)17)19-9-10-3-5-11(18-2)6-4-10/h3-6,12-13H,7-9H2,1-2H3,(H2,15,17)/t12-,13-/m0/s1. The number of nitrogens with zero attached hydrogens (tertiary/aromatic N) is 1.